The second-order valence-corrected chi connectivity index (χ2v) is 12.2. The zero-order valence-electron chi connectivity index (χ0n) is 22.2. The van der Waals surface area contributed by atoms with Crippen molar-refractivity contribution in [1.29, 1.82) is 0 Å². The van der Waals surface area contributed by atoms with Gasteiger partial charge in [-0.2, -0.15) is 13.2 Å². The van der Waals surface area contributed by atoms with E-state index < -0.39 is 59.1 Å². The van der Waals surface area contributed by atoms with E-state index in [0.717, 1.165) is 38.2 Å². The van der Waals surface area contributed by atoms with E-state index in [0.29, 0.717) is 30.9 Å². The summed E-state index contributed by atoms with van der Waals surface area (Å²) in [5.41, 5.74) is -0.703. The summed E-state index contributed by atoms with van der Waals surface area (Å²) in [5.74, 6) is 0.136. The number of unbranched alkanes of at least 4 members (excludes halogenated alkanes) is 1. The van der Waals surface area contributed by atoms with Crippen LogP contribution in [0.1, 0.15) is 56.6 Å². The highest BCUT2D eigenvalue weighted by Gasteiger charge is 2.48. The fourth-order valence-electron chi connectivity index (χ4n) is 5.38. The Kier molecular flexibility index (Phi) is 12.2. The Hall–Kier alpha value is -1.08. The monoisotopic (exact) mass is 596 g/mol. The number of hydrogen-bond acceptors (Lipinski definition) is 7. The normalized spacial score (nSPS) is 31.8. The van der Waals surface area contributed by atoms with Gasteiger partial charge in [0.25, 0.3) is 0 Å². The number of thioether (sulfide) groups is 1. The number of nitrogens with one attached hydrogen (secondary N) is 2. The van der Waals surface area contributed by atoms with E-state index in [1.54, 1.807) is 19.2 Å². The van der Waals surface area contributed by atoms with Gasteiger partial charge in [0.1, 0.15) is 29.9 Å². The van der Waals surface area contributed by atoms with Gasteiger partial charge in [0.2, 0.25) is 5.91 Å². The molecule has 222 valence electrons. The van der Waals surface area contributed by atoms with Crippen molar-refractivity contribution in [2.45, 2.75) is 105 Å². The summed E-state index contributed by atoms with van der Waals surface area (Å²) in [6.45, 7) is 2.32. The zero-order valence-corrected chi connectivity index (χ0v) is 23.8. The van der Waals surface area contributed by atoms with E-state index in [2.05, 4.69) is 10.6 Å². The van der Waals surface area contributed by atoms with E-state index in [1.165, 1.54) is 23.9 Å². The summed E-state index contributed by atoms with van der Waals surface area (Å²) in [5, 5.41) is 36.5. The fraction of sp³-hybridized carbons (Fsp3) is 0.741. The average molecular weight is 597 g/mol. The second-order valence-electron chi connectivity index (χ2n) is 10.6. The molecule has 5 N–H and O–H groups in total. The molecule has 12 heteroatoms. The number of rotatable bonds is 10. The Morgan fingerprint density at radius 1 is 1.18 bits per heavy atom. The van der Waals surface area contributed by atoms with Gasteiger partial charge in [-0.15, -0.1) is 23.4 Å². The van der Waals surface area contributed by atoms with Gasteiger partial charge in [0.05, 0.1) is 23.0 Å². The number of alkyl halides is 4. The molecular formula is C27H40ClF3N2O5S. The van der Waals surface area contributed by atoms with Crippen molar-refractivity contribution in [2.24, 2.45) is 5.92 Å². The average Bonchev–Trinajstić information content (AvgIpc) is 3.14. The highest BCUT2D eigenvalue weighted by molar-refractivity contribution is 7.99. The van der Waals surface area contributed by atoms with Crippen LogP contribution in [0.2, 0.25) is 0 Å². The highest BCUT2D eigenvalue weighted by Crippen LogP contribution is 2.31. The SMILES string of the molecule is CSC1O[C@H]([C@H](NC(=O)C2CC[C@H](CCCCc3cccc(C(F)(F)F)c3)CCN2)[C@H](C)Cl)[C@@H](O)C(O)[C@H]1O. The number of amides is 1. The predicted molar refractivity (Wildman–Crippen MR) is 146 cm³/mol. The third kappa shape index (κ3) is 8.95. The molecule has 0 saturated carbocycles. The topological polar surface area (TPSA) is 111 Å². The van der Waals surface area contributed by atoms with Gasteiger partial charge in [-0.05, 0) is 69.4 Å². The van der Waals surface area contributed by atoms with Crippen LogP contribution >= 0.6 is 23.4 Å². The first-order valence-electron chi connectivity index (χ1n) is 13.5. The third-order valence-corrected chi connectivity index (χ3v) is 8.83. The quantitative estimate of drug-likeness (QED) is 0.208. The lowest BCUT2D eigenvalue weighted by atomic mass is 9.91. The first-order valence-corrected chi connectivity index (χ1v) is 15.2. The molecule has 0 aromatic heterocycles. The van der Waals surface area contributed by atoms with Crippen LogP contribution in [0.15, 0.2) is 24.3 Å². The molecule has 2 fully saturated rings. The minimum absolute atomic E-state index is 0.269. The maximum Gasteiger partial charge on any atom is 0.416 e. The van der Waals surface area contributed by atoms with Crippen LogP contribution in [0.25, 0.3) is 0 Å². The maximum absolute atomic E-state index is 13.2. The van der Waals surface area contributed by atoms with Crippen LogP contribution in [0.5, 0.6) is 0 Å². The van der Waals surface area contributed by atoms with E-state index in [9.17, 15) is 33.3 Å². The van der Waals surface area contributed by atoms with Crippen molar-refractivity contribution in [3.8, 4) is 0 Å². The molecule has 1 aromatic rings. The second kappa shape index (κ2) is 14.7. The van der Waals surface area contributed by atoms with Crippen molar-refractivity contribution in [1.82, 2.24) is 10.6 Å². The minimum atomic E-state index is -4.34. The minimum Gasteiger partial charge on any atom is -0.388 e. The van der Waals surface area contributed by atoms with Crippen molar-refractivity contribution in [2.75, 3.05) is 12.8 Å². The molecular weight excluding hydrogens is 557 g/mol. The number of carbonyl (C=O) groups excluding carboxylic acids is 1. The van der Waals surface area contributed by atoms with Crippen LogP contribution in [-0.2, 0) is 22.1 Å². The van der Waals surface area contributed by atoms with Gasteiger partial charge in [0, 0.05) is 0 Å². The van der Waals surface area contributed by atoms with E-state index in [4.69, 9.17) is 16.3 Å². The fourth-order valence-corrected chi connectivity index (χ4v) is 6.26. The molecule has 2 heterocycles. The summed E-state index contributed by atoms with van der Waals surface area (Å²) >= 11 is 7.56. The molecule has 39 heavy (non-hydrogen) atoms. The first-order chi connectivity index (χ1) is 18.4. The molecule has 9 atom stereocenters. The Morgan fingerprint density at radius 2 is 1.92 bits per heavy atom. The summed E-state index contributed by atoms with van der Waals surface area (Å²) in [6.07, 6.45) is -2.17. The number of halogens is 4. The van der Waals surface area contributed by atoms with Crippen molar-refractivity contribution in [3.63, 3.8) is 0 Å². The Labute approximate surface area is 237 Å². The van der Waals surface area contributed by atoms with E-state index in [-0.39, 0.29) is 5.91 Å². The van der Waals surface area contributed by atoms with Gasteiger partial charge < -0.3 is 30.7 Å². The summed E-state index contributed by atoms with van der Waals surface area (Å²) < 4.78 is 44.6. The Morgan fingerprint density at radius 3 is 2.59 bits per heavy atom. The molecule has 0 bridgehead atoms. The van der Waals surface area contributed by atoms with Gasteiger partial charge in [-0.25, -0.2) is 0 Å². The summed E-state index contributed by atoms with van der Waals surface area (Å²) in [7, 11) is 0. The lowest BCUT2D eigenvalue weighted by Gasteiger charge is -2.44. The lowest BCUT2D eigenvalue weighted by Crippen LogP contribution is -2.65. The number of aryl methyl sites for hydroxylation is 1. The van der Waals surface area contributed by atoms with Crippen LogP contribution < -0.4 is 10.6 Å². The third-order valence-electron chi connectivity index (χ3n) is 7.70. The molecule has 0 radical (unpaired) electrons. The van der Waals surface area contributed by atoms with Crippen molar-refractivity contribution in [3.05, 3.63) is 35.4 Å². The highest BCUT2D eigenvalue weighted by atomic mass is 35.5. The van der Waals surface area contributed by atoms with Crippen LogP contribution in [0, 0.1) is 5.92 Å². The van der Waals surface area contributed by atoms with Crippen molar-refractivity contribution >= 4 is 29.3 Å². The molecule has 2 aliphatic rings. The first kappa shape index (κ1) is 32.4. The van der Waals surface area contributed by atoms with Crippen LogP contribution in [0.3, 0.4) is 0 Å². The van der Waals surface area contributed by atoms with Gasteiger partial charge in [-0.1, -0.05) is 31.0 Å². The number of carbonyl (C=O) groups is 1. The Bertz CT molecular complexity index is 926. The van der Waals surface area contributed by atoms with E-state index in [1.807, 2.05) is 0 Å². The molecule has 0 spiro atoms. The molecule has 2 saturated heterocycles. The molecule has 3 unspecified atom stereocenters. The standard InChI is InChI=1S/C27H40ClF3N2O5S/c1-15(28)20(24-22(35)21(34)23(36)26(38-24)39-2)33-25(37)19-11-10-16(12-13-32-19)6-3-4-7-17-8-5-9-18(14-17)27(29,30)31/h5,8-9,14-16,19-24,26,32,34-36H,3-4,6-7,10-13H2,1-2H3,(H,33,37)/t15-,16-,19?,20+,21?,22-,23+,24+,26?/m0/s1. The van der Waals surface area contributed by atoms with Gasteiger partial charge in [0.15, 0.2) is 0 Å². The number of hydrogen-bond donors (Lipinski definition) is 5. The van der Waals surface area contributed by atoms with E-state index >= 15 is 0 Å². The largest absolute Gasteiger partial charge is 0.416 e. The molecule has 1 aromatic carbocycles. The van der Waals surface area contributed by atoms with Gasteiger partial charge in [-0.3, -0.25) is 4.79 Å². The lowest BCUT2D eigenvalue weighted by molar-refractivity contribution is -0.205. The van der Waals surface area contributed by atoms with Crippen LogP contribution in [-0.4, -0.2) is 81.3 Å². The Balaban J connectivity index is 1.48. The summed E-state index contributed by atoms with van der Waals surface area (Å²) in [6, 6.07) is 4.24. The molecule has 3 rings (SSSR count). The predicted octanol–water partition coefficient (Wildman–Crippen LogP) is 3.46. The van der Waals surface area contributed by atoms with Crippen LogP contribution in [0.4, 0.5) is 13.2 Å². The molecule has 1 amide bonds. The summed E-state index contributed by atoms with van der Waals surface area (Å²) in [4.78, 5) is 13.2. The van der Waals surface area contributed by atoms with Crippen molar-refractivity contribution < 1.29 is 38.0 Å². The number of ether oxygens (including phenoxy) is 1. The number of aliphatic hydroxyl groups is 3. The van der Waals surface area contributed by atoms with Gasteiger partial charge >= 0.3 is 6.18 Å². The molecule has 2 aliphatic heterocycles. The zero-order chi connectivity index (χ0) is 28.7. The smallest absolute Gasteiger partial charge is 0.388 e. The molecule has 7 nitrogen and oxygen atoms in total. The molecule has 0 aliphatic carbocycles. The number of aliphatic hydroxyl groups excluding tert-OH is 3. The number of benzene rings is 1. The maximum atomic E-state index is 13.2.